The molecule has 2 saturated carbocycles. The smallest absolute Gasteiger partial charge is 0.220 e. The highest BCUT2D eigenvalue weighted by molar-refractivity contribution is 7.90. The molecular weight excluding hydrogens is 300 g/mol. The molecule has 0 aromatic carbocycles. The Bertz CT molecular complexity index is 488. The second-order valence-electron chi connectivity index (χ2n) is 7.25. The number of carbonyl (C=O) groups is 1. The number of sulfonamides is 1. The van der Waals surface area contributed by atoms with Crippen LogP contribution in [0, 0.1) is 11.8 Å². The Hall–Kier alpha value is -0.620. The summed E-state index contributed by atoms with van der Waals surface area (Å²) in [6.07, 6.45) is 9.02. The van der Waals surface area contributed by atoms with Gasteiger partial charge in [-0.05, 0) is 50.4 Å². The van der Waals surface area contributed by atoms with Crippen molar-refractivity contribution in [2.45, 2.75) is 63.0 Å². The summed E-state index contributed by atoms with van der Waals surface area (Å²) in [5.41, 5.74) is 0. The topological polar surface area (TPSA) is 66.5 Å². The summed E-state index contributed by atoms with van der Waals surface area (Å²) in [4.78, 5) is 11.9. The highest BCUT2D eigenvalue weighted by Gasteiger charge is 2.41. The molecule has 3 aliphatic rings. The summed E-state index contributed by atoms with van der Waals surface area (Å²) in [6.45, 7) is 1.97. The van der Waals surface area contributed by atoms with Crippen LogP contribution in [0.2, 0.25) is 0 Å². The van der Waals surface area contributed by atoms with Gasteiger partial charge in [0.1, 0.15) is 0 Å². The van der Waals surface area contributed by atoms with E-state index in [0.717, 1.165) is 25.7 Å². The number of hydrogen-bond acceptors (Lipinski definition) is 3. The number of amides is 1. The minimum Gasteiger partial charge on any atom is -0.356 e. The zero-order valence-electron chi connectivity index (χ0n) is 13.3. The first kappa shape index (κ1) is 16.2. The van der Waals surface area contributed by atoms with E-state index < -0.39 is 10.0 Å². The van der Waals surface area contributed by atoms with Crippen LogP contribution in [0.25, 0.3) is 0 Å². The van der Waals surface area contributed by atoms with E-state index >= 15 is 0 Å². The normalized spacial score (nSPS) is 25.5. The standard InChI is InChI=1S/C16H28N2O3S/c19-16(11-13-3-1-2-4-13)17-12-14-7-9-18(10-8-14)22(20,21)15-5-6-15/h13-15H,1-12H2,(H,17,19). The molecule has 1 saturated heterocycles. The lowest BCUT2D eigenvalue weighted by molar-refractivity contribution is -0.122. The Labute approximate surface area is 133 Å². The first-order valence-electron chi connectivity index (χ1n) is 8.81. The monoisotopic (exact) mass is 328 g/mol. The second kappa shape index (κ2) is 6.87. The molecule has 0 bridgehead atoms. The molecule has 2 aliphatic carbocycles. The largest absolute Gasteiger partial charge is 0.356 e. The van der Waals surface area contributed by atoms with Crippen LogP contribution >= 0.6 is 0 Å². The number of hydrogen-bond donors (Lipinski definition) is 1. The van der Waals surface area contributed by atoms with Crippen LogP contribution in [0.1, 0.15) is 57.8 Å². The van der Waals surface area contributed by atoms with E-state index in [-0.39, 0.29) is 11.2 Å². The van der Waals surface area contributed by atoms with Crippen molar-refractivity contribution in [3.05, 3.63) is 0 Å². The van der Waals surface area contributed by atoms with Gasteiger partial charge in [0.25, 0.3) is 0 Å². The summed E-state index contributed by atoms with van der Waals surface area (Å²) < 4.78 is 26.0. The molecule has 0 aromatic rings. The molecule has 0 atom stereocenters. The molecule has 1 amide bonds. The van der Waals surface area contributed by atoms with Gasteiger partial charge in [-0.1, -0.05) is 12.8 Å². The summed E-state index contributed by atoms with van der Waals surface area (Å²) in [6, 6.07) is 0. The minimum atomic E-state index is -3.01. The van der Waals surface area contributed by atoms with Crippen molar-refractivity contribution in [1.82, 2.24) is 9.62 Å². The highest BCUT2D eigenvalue weighted by atomic mass is 32.2. The number of nitrogens with one attached hydrogen (secondary N) is 1. The maximum absolute atomic E-state index is 12.2. The molecule has 1 heterocycles. The van der Waals surface area contributed by atoms with Crippen molar-refractivity contribution in [3.63, 3.8) is 0 Å². The molecule has 0 unspecified atom stereocenters. The average Bonchev–Trinajstić information content (AvgIpc) is 3.26. The molecule has 0 aromatic heterocycles. The van der Waals surface area contributed by atoms with Crippen molar-refractivity contribution >= 4 is 15.9 Å². The summed E-state index contributed by atoms with van der Waals surface area (Å²) in [5.74, 6) is 1.20. The molecule has 0 spiro atoms. The third-order valence-electron chi connectivity index (χ3n) is 5.42. The Balaban J connectivity index is 1.36. The number of piperidine rings is 1. The molecule has 3 fully saturated rings. The maximum Gasteiger partial charge on any atom is 0.220 e. The lowest BCUT2D eigenvalue weighted by atomic mass is 9.97. The summed E-state index contributed by atoms with van der Waals surface area (Å²) in [7, 11) is -3.01. The van der Waals surface area contributed by atoms with E-state index in [1.807, 2.05) is 0 Å². The molecule has 1 N–H and O–H groups in total. The predicted molar refractivity (Wildman–Crippen MR) is 85.8 cm³/mol. The van der Waals surface area contributed by atoms with Crippen molar-refractivity contribution in [1.29, 1.82) is 0 Å². The van der Waals surface area contributed by atoms with Gasteiger partial charge in [0.2, 0.25) is 15.9 Å². The minimum absolute atomic E-state index is 0.102. The van der Waals surface area contributed by atoms with Crippen LogP contribution < -0.4 is 5.32 Å². The van der Waals surface area contributed by atoms with Crippen LogP contribution in [-0.4, -0.2) is 43.5 Å². The van der Waals surface area contributed by atoms with Gasteiger partial charge in [0.05, 0.1) is 5.25 Å². The quantitative estimate of drug-likeness (QED) is 0.809. The van der Waals surface area contributed by atoms with E-state index in [1.54, 1.807) is 4.31 Å². The number of carbonyl (C=O) groups excluding carboxylic acids is 1. The highest BCUT2D eigenvalue weighted by Crippen LogP contribution is 2.33. The maximum atomic E-state index is 12.2. The fourth-order valence-corrected chi connectivity index (χ4v) is 5.62. The molecule has 0 radical (unpaired) electrons. The van der Waals surface area contributed by atoms with Gasteiger partial charge < -0.3 is 5.32 Å². The van der Waals surface area contributed by atoms with Gasteiger partial charge in [-0.25, -0.2) is 12.7 Å². The fourth-order valence-electron chi connectivity index (χ4n) is 3.75. The molecule has 5 nitrogen and oxygen atoms in total. The Morgan fingerprint density at radius 3 is 2.18 bits per heavy atom. The van der Waals surface area contributed by atoms with E-state index in [4.69, 9.17) is 0 Å². The zero-order valence-corrected chi connectivity index (χ0v) is 14.1. The molecule has 3 rings (SSSR count). The fraction of sp³-hybridized carbons (Fsp3) is 0.938. The Morgan fingerprint density at radius 1 is 0.955 bits per heavy atom. The van der Waals surface area contributed by atoms with Crippen molar-refractivity contribution < 1.29 is 13.2 Å². The zero-order chi connectivity index (χ0) is 15.6. The van der Waals surface area contributed by atoms with Gasteiger partial charge in [-0.3, -0.25) is 4.79 Å². The second-order valence-corrected chi connectivity index (χ2v) is 9.46. The van der Waals surface area contributed by atoms with E-state index in [9.17, 15) is 13.2 Å². The van der Waals surface area contributed by atoms with Crippen LogP contribution in [0.4, 0.5) is 0 Å². The molecule has 126 valence electrons. The molecule has 1 aliphatic heterocycles. The van der Waals surface area contributed by atoms with Gasteiger partial charge in [0.15, 0.2) is 0 Å². The first-order chi connectivity index (χ1) is 10.6. The Morgan fingerprint density at radius 2 is 1.59 bits per heavy atom. The lowest BCUT2D eigenvalue weighted by Crippen LogP contribution is -2.42. The molecule has 22 heavy (non-hydrogen) atoms. The summed E-state index contributed by atoms with van der Waals surface area (Å²) in [5, 5.41) is 2.96. The average molecular weight is 328 g/mol. The summed E-state index contributed by atoms with van der Waals surface area (Å²) >= 11 is 0. The first-order valence-corrected chi connectivity index (χ1v) is 10.3. The lowest BCUT2D eigenvalue weighted by Gasteiger charge is -2.31. The number of nitrogens with zero attached hydrogens (tertiary/aromatic N) is 1. The number of rotatable bonds is 6. The third-order valence-corrected chi connectivity index (χ3v) is 7.81. The molecular formula is C16H28N2O3S. The van der Waals surface area contributed by atoms with Crippen molar-refractivity contribution in [3.8, 4) is 0 Å². The Kier molecular flexibility index (Phi) is 5.07. The van der Waals surface area contributed by atoms with Gasteiger partial charge >= 0.3 is 0 Å². The van der Waals surface area contributed by atoms with Crippen LogP contribution in [0.5, 0.6) is 0 Å². The van der Waals surface area contributed by atoms with Crippen molar-refractivity contribution in [2.75, 3.05) is 19.6 Å². The van der Waals surface area contributed by atoms with Crippen molar-refractivity contribution in [2.24, 2.45) is 11.8 Å². The molecule has 6 heteroatoms. The third kappa shape index (κ3) is 4.02. The van der Waals surface area contributed by atoms with Crippen LogP contribution in [0.3, 0.4) is 0 Å². The van der Waals surface area contributed by atoms with Gasteiger partial charge in [-0.15, -0.1) is 0 Å². The van der Waals surface area contributed by atoms with Crippen LogP contribution in [0.15, 0.2) is 0 Å². The van der Waals surface area contributed by atoms with E-state index in [1.165, 1.54) is 25.7 Å². The van der Waals surface area contributed by atoms with Gasteiger partial charge in [-0.2, -0.15) is 0 Å². The van der Waals surface area contributed by atoms with E-state index in [0.29, 0.717) is 37.9 Å². The SMILES string of the molecule is O=C(CC1CCCC1)NCC1CCN(S(=O)(=O)C2CC2)CC1. The predicted octanol–water partition coefficient (Wildman–Crippen LogP) is 1.89. The van der Waals surface area contributed by atoms with Gasteiger partial charge in [0, 0.05) is 26.1 Å². The van der Waals surface area contributed by atoms with E-state index in [2.05, 4.69) is 5.32 Å². The van der Waals surface area contributed by atoms with Crippen LogP contribution in [-0.2, 0) is 14.8 Å².